The largest absolute Gasteiger partial charge is 0.424 e. The fraction of sp³-hybridized carbons (Fsp3) is 0.0833. The second-order valence-electron chi connectivity index (χ2n) is 7.81. The Balaban J connectivity index is 1.39. The van der Waals surface area contributed by atoms with Crippen LogP contribution in [-0.2, 0) is 12.4 Å². The van der Waals surface area contributed by atoms with Crippen molar-refractivity contribution >= 4 is 23.2 Å². The summed E-state index contributed by atoms with van der Waals surface area (Å²) in [4.78, 5) is 23.4. The highest BCUT2D eigenvalue weighted by atomic mass is 19.4. The van der Waals surface area contributed by atoms with Gasteiger partial charge in [-0.05, 0) is 42.0 Å². The minimum atomic E-state index is -4.73. The predicted molar refractivity (Wildman–Crippen MR) is 125 cm³/mol. The van der Waals surface area contributed by atoms with Crippen LogP contribution in [0.4, 0.5) is 52.7 Å². The van der Waals surface area contributed by atoms with Gasteiger partial charge in [-0.25, -0.2) is 24.1 Å². The predicted octanol–water partition coefficient (Wildman–Crippen LogP) is 6.73. The zero-order valence-electron chi connectivity index (χ0n) is 19.2. The van der Waals surface area contributed by atoms with Crippen LogP contribution < -0.4 is 21.1 Å². The molecule has 8 nitrogen and oxygen atoms in total. The molecule has 0 unspecified atom stereocenters. The number of nitrogens with one attached hydrogen (secondary N) is 2. The van der Waals surface area contributed by atoms with Gasteiger partial charge in [0.1, 0.15) is 17.4 Å². The Bertz CT molecular complexity index is 1490. The van der Waals surface area contributed by atoms with Gasteiger partial charge in [-0.1, -0.05) is 12.1 Å². The molecule has 0 saturated carbocycles. The number of nitrogens with zero attached hydrogens (tertiary/aromatic N) is 3. The van der Waals surface area contributed by atoms with Gasteiger partial charge in [-0.2, -0.15) is 26.3 Å². The van der Waals surface area contributed by atoms with Crippen LogP contribution in [0.25, 0.3) is 11.1 Å². The molecule has 2 aromatic carbocycles. The molecule has 0 saturated heterocycles. The highest BCUT2D eigenvalue weighted by molar-refractivity contribution is 5.99. The minimum Gasteiger partial charge on any atom is -0.424 e. The SMILES string of the molecule is Nc1ncc(C(F)(F)F)cc1-c1ccc(Oc2ncc(NC(=O)Nc3cc(C(F)(F)F)ccc3F)cn2)cc1. The van der Waals surface area contributed by atoms with Crippen molar-refractivity contribution in [2.24, 2.45) is 0 Å². The summed E-state index contributed by atoms with van der Waals surface area (Å²) < 4.78 is 96.7. The summed E-state index contributed by atoms with van der Waals surface area (Å²) in [6.07, 6.45) is -6.44. The summed E-state index contributed by atoms with van der Waals surface area (Å²) in [5.74, 6) is -0.949. The van der Waals surface area contributed by atoms with Crippen molar-refractivity contribution < 1.29 is 40.3 Å². The summed E-state index contributed by atoms with van der Waals surface area (Å²) in [6, 6.07) is 7.00. The molecular weight excluding hydrogens is 537 g/mol. The van der Waals surface area contributed by atoms with Crippen LogP contribution in [0.15, 0.2) is 67.1 Å². The number of aromatic nitrogens is 3. The lowest BCUT2D eigenvalue weighted by Gasteiger charge is -2.12. The van der Waals surface area contributed by atoms with E-state index in [0.717, 1.165) is 18.5 Å². The van der Waals surface area contributed by atoms with Gasteiger partial charge in [0.2, 0.25) is 0 Å². The quantitative estimate of drug-likeness (QED) is 0.237. The summed E-state index contributed by atoms with van der Waals surface area (Å²) in [6.45, 7) is 0. The first-order valence-electron chi connectivity index (χ1n) is 10.7. The molecule has 2 amide bonds. The Morgan fingerprint density at radius 1 is 0.795 bits per heavy atom. The van der Waals surface area contributed by atoms with E-state index in [1.807, 2.05) is 5.32 Å². The number of pyridine rings is 1. The number of alkyl halides is 6. The number of carbonyl (C=O) groups excluding carboxylic acids is 1. The Morgan fingerprint density at radius 3 is 2.05 bits per heavy atom. The van der Waals surface area contributed by atoms with Crippen LogP contribution in [0.2, 0.25) is 0 Å². The van der Waals surface area contributed by atoms with E-state index in [2.05, 4.69) is 20.3 Å². The maximum absolute atomic E-state index is 13.8. The number of nitrogen functional groups attached to an aromatic ring is 1. The second kappa shape index (κ2) is 10.4. The van der Waals surface area contributed by atoms with Crippen molar-refractivity contribution in [3.63, 3.8) is 0 Å². The van der Waals surface area contributed by atoms with Gasteiger partial charge in [0.05, 0.1) is 34.9 Å². The van der Waals surface area contributed by atoms with Crippen molar-refractivity contribution in [3.8, 4) is 22.9 Å². The molecule has 202 valence electrons. The molecule has 0 spiro atoms. The maximum Gasteiger partial charge on any atom is 0.417 e. The zero-order chi connectivity index (χ0) is 28.4. The highest BCUT2D eigenvalue weighted by Gasteiger charge is 2.32. The number of halogens is 7. The van der Waals surface area contributed by atoms with Gasteiger partial charge >= 0.3 is 24.4 Å². The van der Waals surface area contributed by atoms with Crippen LogP contribution in [-0.4, -0.2) is 21.0 Å². The van der Waals surface area contributed by atoms with E-state index in [1.165, 1.54) is 24.3 Å². The van der Waals surface area contributed by atoms with E-state index in [4.69, 9.17) is 10.5 Å². The second-order valence-corrected chi connectivity index (χ2v) is 7.81. The highest BCUT2D eigenvalue weighted by Crippen LogP contribution is 2.35. The number of ether oxygens (including phenoxy) is 1. The van der Waals surface area contributed by atoms with Crippen LogP contribution in [0.3, 0.4) is 0 Å². The van der Waals surface area contributed by atoms with Gasteiger partial charge in [0.25, 0.3) is 0 Å². The maximum atomic E-state index is 13.8. The van der Waals surface area contributed by atoms with Crippen molar-refractivity contribution in [1.82, 2.24) is 15.0 Å². The number of carbonyl (C=O) groups is 1. The average Bonchev–Trinajstić information content (AvgIpc) is 2.86. The first-order valence-corrected chi connectivity index (χ1v) is 10.7. The van der Waals surface area contributed by atoms with Crippen LogP contribution in [0.5, 0.6) is 11.8 Å². The third-order valence-corrected chi connectivity index (χ3v) is 5.05. The smallest absolute Gasteiger partial charge is 0.417 e. The fourth-order valence-electron chi connectivity index (χ4n) is 3.19. The minimum absolute atomic E-state index is 0.00936. The first kappa shape index (κ1) is 27.1. The number of benzene rings is 2. The van der Waals surface area contributed by atoms with Gasteiger partial charge < -0.3 is 21.1 Å². The average molecular weight is 552 g/mol. The van der Waals surface area contributed by atoms with Crippen LogP contribution in [0, 0.1) is 5.82 Å². The van der Waals surface area contributed by atoms with Crippen LogP contribution >= 0.6 is 0 Å². The molecule has 2 heterocycles. The molecule has 0 bridgehead atoms. The monoisotopic (exact) mass is 552 g/mol. The number of anilines is 3. The van der Waals surface area contributed by atoms with E-state index < -0.39 is 41.0 Å². The number of amides is 2. The summed E-state index contributed by atoms with van der Waals surface area (Å²) >= 11 is 0. The molecular formula is C24H15F7N6O2. The van der Waals surface area contributed by atoms with Crippen molar-refractivity contribution in [1.29, 1.82) is 0 Å². The summed E-state index contributed by atoms with van der Waals surface area (Å²) in [7, 11) is 0. The van der Waals surface area contributed by atoms with Crippen molar-refractivity contribution in [2.75, 3.05) is 16.4 Å². The fourth-order valence-corrected chi connectivity index (χ4v) is 3.19. The zero-order valence-corrected chi connectivity index (χ0v) is 19.2. The summed E-state index contributed by atoms with van der Waals surface area (Å²) in [5, 5.41) is 4.21. The van der Waals surface area contributed by atoms with Crippen molar-refractivity contribution in [3.05, 3.63) is 84.1 Å². The molecule has 39 heavy (non-hydrogen) atoms. The third kappa shape index (κ3) is 6.68. The molecule has 4 N–H and O–H groups in total. The molecule has 15 heteroatoms. The molecule has 0 aliphatic heterocycles. The molecule has 0 aliphatic carbocycles. The van der Waals surface area contributed by atoms with Gasteiger partial charge in [-0.15, -0.1) is 0 Å². The molecule has 4 rings (SSSR count). The lowest BCUT2D eigenvalue weighted by Crippen LogP contribution is -2.21. The molecule has 0 radical (unpaired) electrons. The van der Waals surface area contributed by atoms with E-state index in [9.17, 15) is 35.5 Å². The number of urea groups is 1. The molecule has 2 aromatic heterocycles. The Morgan fingerprint density at radius 2 is 1.44 bits per heavy atom. The lowest BCUT2D eigenvalue weighted by atomic mass is 10.0. The van der Waals surface area contributed by atoms with E-state index in [-0.39, 0.29) is 28.8 Å². The molecule has 0 atom stereocenters. The first-order chi connectivity index (χ1) is 18.3. The lowest BCUT2D eigenvalue weighted by molar-refractivity contribution is -0.138. The summed E-state index contributed by atoms with van der Waals surface area (Å²) in [5.41, 5.74) is 3.37. The topological polar surface area (TPSA) is 115 Å². The van der Waals surface area contributed by atoms with E-state index in [0.29, 0.717) is 30.0 Å². The third-order valence-electron chi connectivity index (χ3n) is 5.05. The normalized spacial score (nSPS) is 11.7. The Labute approximate surface area is 214 Å². The Kier molecular flexibility index (Phi) is 7.25. The van der Waals surface area contributed by atoms with E-state index >= 15 is 0 Å². The number of nitrogens with two attached hydrogens (primary N) is 1. The molecule has 0 aliphatic rings. The standard InChI is InChI=1S/C24H15F7N6O2/c25-18-6-3-13(23(26,27)28)8-19(18)37-21(38)36-15-10-34-22(35-11-15)39-16-4-1-12(2-5-16)17-7-14(24(29,30)31)9-33-20(17)32/h1-11H,(H2,32,33)(H2,36,37,38). The van der Waals surface area contributed by atoms with Gasteiger partial charge in [0, 0.05) is 11.8 Å². The van der Waals surface area contributed by atoms with Crippen LogP contribution in [0.1, 0.15) is 11.1 Å². The van der Waals surface area contributed by atoms with E-state index in [1.54, 1.807) is 0 Å². The van der Waals surface area contributed by atoms with Gasteiger partial charge in [-0.3, -0.25) is 0 Å². The molecule has 0 fully saturated rings. The van der Waals surface area contributed by atoms with Gasteiger partial charge in [0.15, 0.2) is 0 Å². The number of hydrogen-bond donors (Lipinski definition) is 3. The van der Waals surface area contributed by atoms with Crippen molar-refractivity contribution in [2.45, 2.75) is 12.4 Å². The molecule has 4 aromatic rings. The number of hydrogen-bond acceptors (Lipinski definition) is 6. The Hall–Kier alpha value is -4.95. The number of rotatable bonds is 5.